The van der Waals surface area contributed by atoms with Gasteiger partial charge in [-0.1, -0.05) is 45.7 Å². The fraction of sp³-hybridized carbons (Fsp3) is 0.143. The molecular weight excluding hydrogens is 378 g/mol. The van der Waals surface area contributed by atoms with Crippen LogP contribution >= 0.6 is 27.5 Å². The first kappa shape index (κ1) is 16.5. The van der Waals surface area contributed by atoms with Gasteiger partial charge in [0, 0.05) is 16.0 Å². The van der Waals surface area contributed by atoms with E-state index in [-0.39, 0.29) is 23.1 Å². The van der Waals surface area contributed by atoms with Gasteiger partial charge in [-0.15, -0.1) is 0 Å². The molecule has 0 aliphatic heterocycles. The third kappa shape index (κ3) is 4.28. The van der Waals surface area contributed by atoms with Crippen LogP contribution in [-0.4, -0.2) is 13.5 Å². The van der Waals surface area contributed by atoms with E-state index in [0.29, 0.717) is 5.56 Å². The van der Waals surface area contributed by atoms with E-state index < -0.39 is 10.0 Å². The predicted molar refractivity (Wildman–Crippen MR) is 85.5 cm³/mol. The van der Waals surface area contributed by atoms with Crippen LogP contribution in [0.4, 0.5) is 0 Å². The zero-order chi connectivity index (χ0) is 15.5. The molecule has 0 radical (unpaired) electrons. The van der Waals surface area contributed by atoms with Gasteiger partial charge in [-0.05, 0) is 35.4 Å². The highest BCUT2D eigenvalue weighted by Gasteiger charge is 2.15. The van der Waals surface area contributed by atoms with Crippen LogP contribution < -0.4 is 4.72 Å². The Morgan fingerprint density at radius 2 is 1.81 bits per heavy atom. The molecule has 112 valence electrons. The molecule has 7 heteroatoms. The molecule has 2 N–H and O–H groups in total. The lowest BCUT2D eigenvalue weighted by atomic mass is 10.2. The second-order valence-corrected chi connectivity index (χ2v) is 7.45. The van der Waals surface area contributed by atoms with Gasteiger partial charge >= 0.3 is 0 Å². The van der Waals surface area contributed by atoms with Crippen molar-refractivity contribution in [1.82, 2.24) is 4.72 Å². The predicted octanol–water partition coefficient (Wildman–Crippen LogP) is 3.07. The summed E-state index contributed by atoms with van der Waals surface area (Å²) < 4.78 is 27.8. The van der Waals surface area contributed by atoms with Crippen molar-refractivity contribution in [2.45, 2.75) is 18.0 Å². The van der Waals surface area contributed by atoms with Gasteiger partial charge in [-0.25, -0.2) is 13.1 Å². The van der Waals surface area contributed by atoms with Crippen LogP contribution in [-0.2, 0) is 23.2 Å². The average molecular weight is 391 g/mol. The van der Waals surface area contributed by atoms with E-state index in [2.05, 4.69) is 20.7 Å². The molecule has 4 nitrogen and oxygen atoms in total. The molecule has 2 rings (SSSR count). The summed E-state index contributed by atoms with van der Waals surface area (Å²) in [5.74, 6) is 0. The van der Waals surface area contributed by atoms with Crippen LogP contribution in [0.2, 0.25) is 5.02 Å². The minimum Gasteiger partial charge on any atom is -0.392 e. The molecule has 0 aliphatic carbocycles. The maximum absolute atomic E-state index is 12.2. The molecule has 21 heavy (non-hydrogen) atoms. The van der Waals surface area contributed by atoms with Crippen molar-refractivity contribution in [3.63, 3.8) is 0 Å². The number of sulfonamides is 1. The Balaban J connectivity index is 2.14. The zero-order valence-electron chi connectivity index (χ0n) is 10.9. The lowest BCUT2D eigenvalue weighted by Crippen LogP contribution is -2.23. The third-order valence-corrected chi connectivity index (χ3v) is 5.16. The van der Waals surface area contributed by atoms with Crippen molar-refractivity contribution in [1.29, 1.82) is 0 Å². The van der Waals surface area contributed by atoms with Gasteiger partial charge in [0.05, 0.1) is 11.5 Å². The largest absolute Gasteiger partial charge is 0.392 e. The Kier molecular flexibility index (Phi) is 5.40. The van der Waals surface area contributed by atoms with Crippen molar-refractivity contribution in [3.8, 4) is 0 Å². The maximum atomic E-state index is 12.2. The van der Waals surface area contributed by atoms with Gasteiger partial charge in [-0.2, -0.15) is 0 Å². The quantitative estimate of drug-likeness (QED) is 0.824. The molecule has 0 unspecified atom stereocenters. The Labute approximate surface area is 136 Å². The zero-order valence-corrected chi connectivity index (χ0v) is 14.0. The summed E-state index contributed by atoms with van der Waals surface area (Å²) in [4.78, 5) is 0.0711. The highest BCUT2D eigenvalue weighted by molar-refractivity contribution is 9.10. The number of rotatable bonds is 5. The summed E-state index contributed by atoms with van der Waals surface area (Å²) in [5.41, 5.74) is 1.34. The van der Waals surface area contributed by atoms with Crippen LogP contribution in [0.1, 0.15) is 11.1 Å². The maximum Gasteiger partial charge on any atom is 0.240 e. The summed E-state index contributed by atoms with van der Waals surface area (Å²) >= 11 is 9.23. The van der Waals surface area contributed by atoms with Gasteiger partial charge in [0.15, 0.2) is 0 Å². The number of halogens is 2. The fourth-order valence-corrected chi connectivity index (χ4v) is 3.30. The molecule has 2 aromatic rings. The molecule has 2 aromatic carbocycles. The van der Waals surface area contributed by atoms with Gasteiger partial charge in [0.25, 0.3) is 0 Å². The molecule has 0 saturated carbocycles. The Morgan fingerprint density at radius 3 is 2.38 bits per heavy atom. The van der Waals surface area contributed by atoms with Crippen LogP contribution in [0.3, 0.4) is 0 Å². The van der Waals surface area contributed by atoms with Crippen molar-refractivity contribution in [2.24, 2.45) is 0 Å². The van der Waals surface area contributed by atoms with Crippen molar-refractivity contribution in [3.05, 3.63) is 63.1 Å². The molecule has 0 amide bonds. The molecule has 0 fully saturated rings. The first-order valence-electron chi connectivity index (χ1n) is 6.06. The Bertz CT molecular complexity index is 732. The summed E-state index contributed by atoms with van der Waals surface area (Å²) in [6.45, 7) is -0.0412. The van der Waals surface area contributed by atoms with Crippen LogP contribution in [0.25, 0.3) is 0 Å². The molecule has 0 atom stereocenters. The topological polar surface area (TPSA) is 66.4 Å². The minimum atomic E-state index is -3.64. The van der Waals surface area contributed by atoms with Gasteiger partial charge < -0.3 is 5.11 Å². The standard InChI is InChI=1S/C14H13BrClNO3S/c15-12-4-1-10(2-5-12)8-17-21(19,20)13-6-3-11(9-18)14(16)7-13/h1-7,17-18H,8-9H2. The lowest BCUT2D eigenvalue weighted by Gasteiger charge is -2.09. The SMILES string of the molecule is O=S(=O)(NCc1ccc(Br)cc1)c1ccc(CO)c(Cl)c1. The minimum absolute atomic E-state index is 0.0711. The number of aliphatic hydroxyl groups is 1. The highest BCUT2D eigenvalue weighted by atomic mass is 79.9. The van der Waals surface area contributed by atoms with E-state index in [1.807, 2.05) is 24.3 Å². The Morgan fingerprint density at radius 1 is 1.14 bits per heavy atom. The molecule has 0 aromatic heterocycles. The number of nitrogens with one attached hydrogen (secondary N) is 1. The molecule has 0 bridgehead atoms. The van der Waals surface area contributed by atoms with Crippen molar-refractivity contribution in [2.75, 3.05) is 0 Å². The summed E-state index contributed by atoms with van der Waals surface area (Å²) in [5, 5.41) is 9.26. The van der Waals surface area contributed by atoms with Crippen LogP contribution in [0.5, 0.6) is 0 Å². The van der Waals surface area contributed by atoms with E-state index >= 15 is 0 Å². The van der Waals surface area contributed by atoms with E-state index in [0.717, 1.165) is 10.0 Å². The Hall–Kier alpha value is -0.920. The summed E-state index contributed by atoms with van der Waals surface area (Å²) in [7, 11) is -3.64. The van der Waals surface area contributed by atoms with E-state index in [1.54, 1.807) is 0 Å². The van der Waals surface area contributed by atoms with Crippen LogP contribution in [0, 0.1) is 0 Å². The number of benzene rings is 2. The van der Waals surface area contributed by atoms with Crippen molar-refractivity contribution >= 4 is 37.6 Å². The summed E-state index contributed by atoms with van der Waals surface area (Å²) in [6.07, 6.45) is 0. The van der Waals surface area contributed by atoms with Gasteiger partial charge in [-0.3, -0.25) is 0 Å². The van der Waals surface area contributed by atoms with Crippen LogP contribution in [0.15, 0.2) is 51.8 Å². The monoisotopic (exact) mass is 389 g/mol. The first-order valence-corrected chi connectivity index (χ1v) is 8.71. The molecular formula is C14H13BrClNO3S. The van der Waals surface area contributed by atoms with Crippen molar-refractivity contribution < 1.29 is 13.5 Å². The normalized spacial score (nSPS) is 11.6. The molecule has 0 saturated heterocycles. The summed E-state index contributed by atoms with van der Waals surface area (Å²) in [6, 6.07) is 11.6. The van der Waals surface area contributed by atoms with Gasteiger partial charge in [0.2, 0.25) is 10.0 Å². The highest BCUT2D eigenvalue weighted by Crippen LogP contribution is 2.21. The lowest BCUT2D eigenvalue weighted by molar-refractivity contribution is 0.282. The third-order valence-electron chi connectivity index (χ3n) is 2.88. The first-order chi connectivity index (χ1) is 9.92. The van der Waals surface area contributed by atoms with E-state index in [4.69, 9.17) is 16.7 Å². The second kappa shape index (κ2) is 6.89. The fourth-order valence-electron chi connectivity index (χ4n) is 1.69. The smallest absolute Gasteiger partial charge is 0.240 e. The van der Waals surface area contributed by atoms with Gasteiger partial charge in [0.1, 0.15) is 0 Å². The van der Waals surface area contributed by atoms with E-state index in [9.17, 15) is 8.42 Å². The average Bonchev–Trinajstić information content (AvgIpc) is 2.46. The van der Waals surface area contributed by atoms with E-state index in [1.165, 1.54) is 18.2 Å². The number of hydrogen-bond donors (Lipinski definition) is 2. The number of hydrogen-bond acceptors (Lipinski definition) is 3. The number of aliphatic hydroxyl groups excluding tert-OH is 1. The molecule has 0 heterocycles. The second-order valence-electron chi connectivity index (χ2n) is 4.36. The molecule has 0 spiro atoms. The molecule has 0 aliphatic rings.